The van der Waals surface area contributed by atoms with Crippen molar-refractivity contribution in [1.82, 2.24) is 4.90 Å². The van der Waals surface area contributed by atoms with Gasteiger partial charge in [-0.15, -0.1) is 0 Å². The number of phenols is 1. The van der Waals surface area contributed by atoms with Gasteiger partial charge in [-0.1, -0.05) is 12.1 Å². The van der Waals surface area contributed by atoms with Gasteiger partial charge in [0.05, 0.1) is 32.7 Å². The van der Waals surface area contributed by atoms with Gasteiger partial charge in [0, 0.05) is 12.2 Å². The van der Waals surface area contributed by atoms with Crippen molar-refractivity contribution >= 4 is 11.6 Å². The molecule has 7 nitrogen and oxygen atoms in total. The Balaban J connectivity index is 1.26. The Morgan fingerprint density at radius 1 is 1.13 bits per heavy atom. The summed E-state index contributed by atoms with van der Waals surface area (Å²) in [5.74, 6) is 1.95. The quantitative estimate of drug-likeness (QED) is 0.734. The molecule has 2 N–H and O–H groups in total. The molecule has 2 aromatic carbocycles. The van der Waals surface area contributed by atoms with E-state index < -0.39 is 0 Å². The minimum atomic E-state index is -0.148. The molecule has 7 heteroatoms. The van der Waals surface area contributed by atoms with Crippen LogP contribution in [0.3, 0.4) is 0 Å². The maximum atomic E-state index is 12.9. The van der Waals surface area contributed by atoms with Crippen molar-refractivity contribution in [3.05, 3.63) is 48.5 Å². The minimum Gasteiger partial charge on any atom is -0.508 e. The van der Waals surface area contributed by atoms with Gasteiger partial charge in [-0.05, 0) is 43.3 Å². The lowest BCUT2D eigenvalue weighted by Gasteiger charge is -2.35. The Morgan fingerprint density at radius 2 is 1.83 bits per heavy atom. The number of benzene rings is 2. The topological polar surface area (TPSA) is 66.7 Å². The number of nitrogens with one attached hydrogen (secondary N) is 1. The normalized spacial score (nSPS) is 18.8. The van der Waals surface area contributed by atoms with Crippen LogP contribution in [-0.4, -0.2) is 74.4 Å². The number of aromatic hydroxyl groups is 1. The van der Waals surface area contributed by atoms with Gasteiger partial charge in [0.1, 0.15) is 12.4 Å². The van der Waals surface area contributed by atoms with E-state index in [1.54, 1.807) is 12.1 Å². The zero-order valence-corrected chi connectivity index (χ0v) is 17.4. The predicted octanol–water partition coefficient (Wildman–Crippen LogP) is 0.786. The van der Waals surface area contributed by atoms with Crippen LogP contribution in [0.15, 0.2) is 48.5 Å². The van der Waals surface area contributed by atoms with E-state index >= 15 is 0 Å². The Hall–Kier alpha value is -2.93. The number of para-hydroxylation sites is 2. The van der Waals surface area contributed by atoms with Crippen molar-refractivity contribution in [2.24, 2.45) is 0 Å². The van der Waals surface area contributed by atoms with Crippen molar-refractivity contribution in [2.75, 3.05) is 57.3 Å². The molecule has 1 fully saturated rings. The molecule has 0 unspecified atom stereocenters. The highest BCUT2D eigenvalue weighted by Crippen LogP contribution is 2.31. The summed E-state index contributed by atoms with van der Waals surface area (Å²) in [4.78, 5) is 18.4. The Bertz CT molecular complexity index is 850. The number of phenolic OH excluding ortho intramolecular Hbond substituents is 1. The third-order valence-electron chi connectivity index (χ3n) is 5.81. The number of anilines is 1. The highest BCUT2D eigenvalue weighted by atomic mass is 16.6. The van der Waals surface area contributed by atoms with Crippen LogP contribution >= 0.6 is 0 Å². The lowest BCUT2D eigenvalue weighted by atomic mass is 10.2. The number of piperazine rings is 1. The summed E-state index contributed by atoms with van der Waals surface area (Å²) in [5, 5.41) is 9.46. The molecule has 2 aliphatic rings. The molecule has 0 spiro atoms. The second-order valence-corrected chi connectivity index (χ2v) is 7.86. The van der Waals surface area contributed by atoms with E-state index in [9.17, 15) is 9.90 Å². The van der Waals surface area contributed by atoms with E-state index in [0.29, 0.717) is 26.2 Å². The lowest BCUT2D eigenvalue weighted by Crippen LogP contribution is -3.16. The Labute approximate surface area is 177 Å². The fourth-order valence-corrected chi connectivity index (χ4v) is 4.05. The van der Waals surface area contributed by atoms with Crippen molar-refractivity contribution in [1.29, 1.82) is 0 Å². The van der Waals surface area contributed by atoms with Crippen LogP contribution in [-0.2, 0) is 4.79 Å². The number of nitrogens with zero attached hydrogens (tertiary/aromatic N) is 2. The fraction of sp³-hybridized carbons (Fsp3) is 0.435. The number of hydrogen-bond donors (Lipinski definition) is 2. The first-order valence-electron chi connectivity index (χ1n) is 10.7. The number of amides is 1. The maximum Gasteiger partial charge on any atom is 0.277 e. The number of ether oxygens (including phenoxy) is 2. The summed E-state index contributed by atoms with van der Waals surface area (Å²) in [5.41, 5.74) is 1.11. The van der Waals surface area contributed by atoms with E-state index in [2.05, 4.69) is 4.90 Å². The maximum absolute atomic E-state index is 12.9. The molecule has 0 aliphatic carbocycles. The Kier molecular flexibility index (Phi) is 6.28. The van der Waals surface area contributed by atoms with Gasteiger partial charge in [0.25, 0.3) is 5.91 Å². The molecule has 0 saturated carbocycles. The van der Waals surface area contributed by atoms with Gasteiger partial charge in [-0.2, -0.15) is 0 Å². The van der Waals surface area contributed by atoms with Gasteiger partial charge in [0.15, 0.2) is 24.1 Å². The number of quaternary nitrogens is 1. The molecule has 0 aromatic heterocycles. The summed E-state index contributed by atoms with van der Waals surface area (Å²) in [6.45, 7) is 7.80. The molecule has 2 heterocycles. The number of rotatable bonds is 6. The molecule has 30 heavy (non-hydrogen) atoms. The van der Waals surface area contributed by atoms with Gasteiger partial charge in [-0.3, -0.25) is 4.79 Å². The predicted molar refractivity (Wildman–Crippen MR) is 114 cm³/mol. The molecule has 2 aliphatic heterocycles. The second-order valence-electron chi connectivity index (χ2n) is 7.86. The molecule has 0 bridgehead atoms. The van der Waals surface area contributed by atoms with Crippen molar-refractivity contribution in [3.8, 4) is 17.2 Å². The van der Waals surface area contributed by atoms with Crippen LogP contribution in [0.4, 0.5) is 5.69 Å². The second kappa shape index (κ2) is 9.26. The average Bonchev–Trinajstić information content (AvgIpc) is 2.78. The summed E-state index contributed by atoms with van der Waals surface area (Å²) >= 11 is 0. The van der Waals surface area contributed by atoms with Gasteiger partial charge in [-0.25, -0.2) is 0 Å². The smallest absolute Gasteiger partial charge is 0.277 e. The van der Waals surface area contributed by atoms with E-state index in [0.717, 1.165) is 43.4 Å². The summed E-state index contributed by atoms with van der Waals surface area (Å²) in [6.07, 6.45) is -0.148. The molecule has 160 valence electrons. The largest absolute Gasteiger partial charge is 0.508 e. The molecule has 4 rings (SSSR count). The van der Waals surface area contributed by atoms with Crippen LogP contribution in [0.25, 0.3) is 0 Å². The summed E-state index contributed by atoms with van der Waals surface area (Å²) in [6, 6.07) is 15.0. The van der Waals surface area contributed by atoms with E-state index in [4.69, 9.17) is 9.47 Å². The van der Waals surface area contributed by atoms with Crippen molar-refractivity contribution < 1.29 is 24.3 Å². The molecule has 1 amide bonds. The van der Waals surface area contributed by atoms with Crippen LogP contribution in [0.2, 0.25) is 0 Å². The molecule has 0 radical (unpaired) electrons. The first kappa shape index (κ1) is 20.3. The van der Waals surface area contributed by atoms with E-state index in [-0.39, 0.29) is 17.8 Å². The highest BCUT2D eigenvalue weighted by Gasteiger charge is 2.28. The fourth-order valence-electron chi connectivity index (χ4n) is 4.05. The monoisotopic (exact) mass is 412 g/mol. The van der Waals surface area contributed by atoms with E-state index in [1.165, 1.54) is 4.90 Å². The van der Waals surface area contributed by atoms with Crippen LogP contribution < -0.4 is 19.3 Å². The number of hydrogen-bond acceptors (Lipinski definition) is 5. The first-order valence-corrected chi connectivity index (χ1v) is 10.7. The van der Waals surface area contributed by atoms with Gasteiger partial charge < -0.3 is 29.3 Å². The summed E-state index contributed by atoms with van der Waals surface area (Å²) in [7, 11) is 0. The molecular weight excluding hydrogens is 382 g/mol. The van der Waals surface area contributed by atoms with Crippen LogP contribution in [0.5, 0.6) is 17.2 Å². The molecular formula is C23H30N3O4+. The SMILES string of the molecule is CCN(C[C@H]1COc2ccccc2O1)C(=O)C[NH+]1CCN(c2ccc(O)cc2)CC1. The Morgan fingerprint density at radius 3 is 2.53 bits per heavy atom. The molecule has 1 saturated heterocycles. The minimum absolute atomic E-state index is 0.148. The number of carbonyl (C=O) groups excluding carboxylic acids is 1. The number of carbonyl (C=O) groups is 1. The first-order chi connectivity index (χ1) is 14.6. The zero-order valence-electron chi connectivity index (χ0n) is 17.4. The molecule has 1 atom stereocenters. The van der Waals surface area contributed by atoms with Crippen LogP contribution in [0.1, 0.15) is 6.92 Å². The number of likely N-dealkylation sites (N-methyl/N-ethyl adjacent to an activating group) is 1. The van der Waals surface area contributed by atoms with Crippen molar-refractivity contribution in [2.45, 2.75) is 13.0 Å². The number of fused-ring (bicyclic) bond motifs is 1. The highest BCUT2D eigenvalue weighted by molar-refractivity contribution is 5.77. The summed E-state index contributed by atoms with van der Waals surface area (Å²) < 4.78 is 11.8. The lowest BCUT2D eigenvalue weighted by molar-refractivity contribution is -0.892. The zero-order chi connectivity index (χ0) is 20.9. The standard InChI is InChI=1S/C23H29N3O4/c1-2-25(15-20-17-29-21-5-3-4-6-22(21)30-20)23(28)16-24-11-13-26(14-12-24)18-7-9-19(27)10-8-18/h3-10,20,27H,2,11-17H2,1H3/p+1/t20-/m0/s1. The average molecular weight is 413 g/mol. The van der Waals surface area contributed by atoms with E-state index in [1.807, 2.05) is 48.2 Å². The van der Waals surface area contributed by atoms with Gasteiger partial charge in [0.2, 0.25) is 0 Å². The van der Waals surface area contributed by atoms with Crippen molar-refractivity contribution in [3.63, 3.8) is 0 Å². The van der Waals surface area contributed by atoms with Crippen LogP contribution in [0, 0.1) is 0 Å². The third kappa shape index (κ3) is 4.79. The third-order valence-corrected chi connectivity index (χ3v) is 5.81. The van der Waals surface area contributed by atoms with Gasteiger partial charge >= 0.3 is 0 Å². The molecule has 2 aromatic rings.